The van der Waals surface area contributed by atoms with E-state index in [4.69, 9.17) is 4.74 Å². The number of anilines is 1. The zero-order chi connectivity index (χ0) is 16.8. The lowest BCUT2D eigenvalue weighted by Crippen LogP contribution is -2.41. The Kier molecular flexibility index (Phi) is 5.91. The van der Waals surface area contributed by atoms with Crippen molar-refractivity contribution in [2.75, 3.05) is 51.8 Å². The van der Waals surface area contributed by atoms with Crippen LogP contribution in [-0.2, 0) is 11.3 Å². The minimum Gasteiger partial charge on any atom is -0.381 e. The van der Waals surface area contributed by atoms with Gasteiger partial charge in [0.1, 0.15) is 5.82 Å². The predicted molar refractivity (Wildman–Crippen MR) is 97.4 cm³/mol. The Morgan fingerprint density at radius 3 is 2.88 bits per heavy atom. The van der Waals surface area contributed by atoms with Crippen molar-refractivity contribution in [1.29, 1.82) is 0 Å². The molecule has 0 saturated carbocycles. The lowest BCUT2D eigenvalue weighted by atomic mass is 10.1. The van der Waals surface area contributed by atoms with Crippen LogP contribution in [0.15, 0.2) is 23.3 Å². The maximum Gasteiger partial charge on any atom is 0.193 e. The van der Waals surface area contributed by atoms with Gasteiger partial charge in [-0.1, -0.05) is 6.07 Å². The Bertz CT molecular complexity index is 533. The summed E-state index contributed by atoms with van der Waals surface area (Å²) in [6.07, 6.45) is 5.67. The topological polar surface area (TPSA) is 53.0 Å². The molecule has 0 aliphatic carbocycles. The molecule has 0 aromatic carbocycles. The third-order valence-corrected chi connectivity index (χ3v) is 4.82. The summed E-state index contributed by atoms with van der Waals surface area (Å²) < 4.78 is 5.45. The van der Waals surface area contributed by atoms with E-state index in [1.165, 1.54) is 18.4 Å². The first-order valence-corrected chi connectivity index (χ1v) is 8.95. The first-order valence-electron chi connectivity index (χ1n) is 8.95. The van der Waals surface area contributed by atoms with Crippen molar-refractivity contribution in [3.05, 3.63) is 23.9 Å². The highest BCUT2D eigenvalue weighted by molar-refractivity contribution is 5.79. The van der Waals surface area contributed by atoms with Crippen LogP contribution < -0.4 is 10.2 Å². The number of hydrogen-bond acceptors (Lipinski definition) is 4. The number of nitrogens with one attached hydrogen (secondary N) is 1. The molecule has 1 unspecified atom stereocenters. The number of nitrogens with zero attached hydrogens (tertiary/aromatic N) is 4. The average Bonchev–Trinajstić information content (AvgIpc) is 3.29. The molecule has 1 aromatic heterocycles. The highest BCUT2D eigenvalue weighted by Crippen LogP contribution is 2.17. The molecule has 1 atom stereocenters. The largest absolute Gasteiger partial charge is 0.381 e. The van der Waals surface area contributed by atoms with Crippen LogP contribution in [0.1, 0.15) is 24.8 Å². The molecule has 2 fully saturated rings. The van der Waals surface area contributed by atoms with Gasteiger partial charge < -0.3 is 19.9 Å². The van der Waals surface area contributed by atoms with E-state index < -0.39 is 0 Å². The summed E-state index contributed by atoms with van der Waals surface area (Å²) in [5, 5.41) is 3.43. The zero-order valence-corrected chi connectivity index (χ0v) is 14.9. The predicted octanol–water partition coefficient (Wildman–Crippen LogP) is 1.73. The first-order chi connectivity index (χ1) is 11.8. The van der Waals surface area contributed by atoms with Gasteiger partial charge in [0, 0.05) is 59.0 Å². The number of pyridine rings is 1. The van der Waals surface area contributed by atoms with Gasteiger partial charge in [-0.15, -0.1) is 0 Å². The Balaban J connectivity index is 1.49. The van der Waals surface area contributed by atoms with Crippen LogP contribution in [0.5, 0.6) is 0 Å². The fraction of sp³-hybridized carbons (Fsp3) is 0.667. The summed E-state index contributed by atoms with van der Waals surface area (Å²) in [6.45, 7) is 5.74. The number of hydrogen-bond donors (Lipinski definition) is 1. The van der Waals surface area contributed by atoms with E-state index in [2.05, 4.69) is 44.3 Å². The molecule has 2 aliphatic rings. The Morgan fingerprint density at radius 1 is 1.42 bits per heavy atom. The Morgan fingerprint density at radius 2 is 2.25 bits per heavy atom. The number of guanidine groups is 1. The van der Waals surface area contributed by atoms with Gasteiger partial charge in [0.05, 0.1) is 6.61 Å². The highest BCUT2D eigenvalue weighted by Gasteiger charge is 2.19. The van der Waals surface area contributed by atoms with Crippen LogP contribution in [0.4, 0.5) is 5.82 Å². The van der Waals surface area contributed by atoms with E-state index in [1.807, 2.05) is 13.2 Å². The lowest BCUT2D eigenvalue weighted by molar-refractivity contribution is 0.181. The van der Waals surface area contributed by atoms with E-state index in [0.717, 1.165) is 57.6 Å². The van der Waals surface area contributed by atoms with Gasteiger partial charge in [-0.25, -0.2) is 4.98 Å². The number of aliphatic imine (C=N–C) groups is 1. The summed E-state index contributed by atoms with van der Waals surface area (Å²) >= 11 is 0. The molecule has 0 radical (unpaired) electrons. The van der Waals surface area contributed by atoms with Gasteiger partial charge in [-0.3, -0.25) is 4.99 Å². The van der Waals surface area contributed by atoms with Crippen molar-refractivity contribution in [2.24, 2.45) is 10.9 Å². The van der Waals surface area contributed by atoms with Crippen LogP contribution in [0, 0.1) is 5.92 Å². The van der Waals surface area contributed by atoms with E-state index in [9.17, 15) is 0 Å². The van der Waals surface area contributed by atoms with Gasteiger partial charge in [0.2, 0.25) is 0 Å². The molecule has 3 heterocycles. The molecule has 3 rings (SSSR count). The van der Waals surface area contributed by atoms with Gasteiger partial charge in [0.15, 0.2) is 5.96 Å². The summed E-state index contributed by atoms with van der Waals surface area (Å²) in [7, 11) is 3.92. The van der Waals surface area contributed by atoms with Crippen LogP contribution in [0.25, 0.3) is 0 Å². The maximum atomic E-state index is 5.45. The molecule has 0 amide bonds. The van der Waals surface area contributed by atoms with Crippen molar-refractivity contribution < 1.29 is 4.74 Å². The maximum absolute atomic E-state index is 5.45. The zero-order valence-electron chi connectivity index (χ0n) is 14.9. The standard InChI is InChI=1S/C18H29N5O/c1-19-18(22(2)13-16-7-10-24-14-16)21-12-15-5-6-17(20-11-15)23-8-3-4-9-23/h5-6,11,16H,3-4,7-10,12-14H2,1-2H3,(H,19,21). The molecule has 0 bridgehead atoms. The van der Waals surface area contributed by atoms with E-state index in [0.29, 0.717) is 5.92 Å². The summed E-state index contributed by atoms with van der Waals surface area (Å²) in [5.41, 5.74) is 1.18. The van der Waals surface area contributed by atoms with Crippen molar-refractivity contribution >= 4 is 11.8 Å². The van der Waals surface area contributed by atoms with Crippen molar-refractivity contribution in [2.45, 2.75) is 25.8 Å². The molecule has 6 nitrogen and oxygen atoms in total. The molecule has 2 saturated heterocycles. The third-order valence-electron chi connectivity index (χ3n) is 4.82. The monoisotopic (exact) mass is 331 g/mol. The van der Waals surface area contributed by atoms with E-state index >= 15 is 0 Å². The molecule has 6 heteroatoms. The minimum absolute atomic E-state index is 0.606. The quantitative estimate of drug-likeness (QED) is 0.658. The minimum atomic E-state index is 0.606. The van der Waals surface area contributed by atoms with Crippen LogP contribution in [0.3, 0.4) is 0 Å². The molecule has 2 aliphatic heterocycles. The van der Waals surface area contributed by atoms with Crippen molar-refractivity contribution in [1.82, 2.24) is 15.2 Å². The highest BCUT2D eigenvalue weighted by atomic mass is 16.5. The second-order valence-electron chi connectivity index (χ2n) is 6.73. The van der Waals surface area contributed by atoms with E-state index in [1.54, 1.807) is 0 Å². The molecule has 1 aromatic rings. The fourth-order valence-electron chi connectivity index (χ4n) is 3.42. The average molecular weight is 331 g/mol. The molecule has 1 N–H and O–H groups in total. The smallest absolute Gasteiger partial charge is 0.193 e. The molecule has 0 spiro atoms. The summed E-state index contributed by atoms with van der Waals surface area (Å²) in [4.78, 5) is 13.5. The number of rotatable bonds is 5. The van der Waals surface area contributed by atoms with Gasteiger partial charge in [-0.2, -0.15) is 0 Å². The molecule has 132 valence electrons. The summed E-state index contributed by atoms with van der Waals surface area (Å²) in [5.74, 6) is 2.62. The SMILES string of the molecule is CN=C(NCc1ccc(N2CCCC2)nc1)N(C)CC1CCOC1. The number of ether oxygens (including phenoxy) is 1. The van der Waals surface area contributed by atoms with Gasteiger partial charge in [0.25, 0.3) is 0 Å². The molecular weight excluding hydrogens is 302 g/mol. The Hall–Kier alpha value is -1.82. The normalized spacial score (nSPS) is 21.3. The summed E-state index contributed by atoms with van der Waals surface area (Å²) in [6, 6.07) is 4.29. The van der Waals surface area contributed by atoms with E-state index in [-0.39, 0.29) is 0 Å². The first kappa shape index (κ1) is 17.0. The van der Waals surface area contributed by atoms with Crippen LogP contribution >= 0.6 is 0 Å². The Labute approximate surface area is 144 Å². The van der Waals surface area contributed by atoms with Crippen LogP contribution in [0.2, 0.25) is 0 Å². The van der Waals surface area contributed by atoms with Crippen molar-refractivity contribution in [3.63, 3.8) is 0 Å². The fourth-order valence-corrected chi connectivity index (χ4v) is 3.42. The van der Waals surface area contributed by atoms with Crippen molar-refractivity contribution in [3.8, 4) is 0 Å². The third kappa shape index (κ3) is 4.38. The number of aromatic nitrogens is 1. The molecular formula is C18H29N5O. The van der Waals surface area contributed by atoms with Gasteiger partial charge >= 0.3 is 0 Å². The van der Waals surface area contributed by atoms with Gasteiger partial charge in [-0.05, 0) is 30.9 Å². The second-order valence-corrected chi connectivity index (χ2v) is 6.73. The molecule has 24 heavy (non-hydrogen) atoms. The van der Waals surface area contributed by atoms with Crippen LogP contribution in [-0.4, -0.2) is 62.8 Å². The lowest BCUT2D eigenvalue weighted by Gasteiger charge is -2.24. The second kappa shape index (κ2) is 8.33.